The Balaban J connectivity index is 3.64. The fourth-order valence-corrected chi connectivity index (χ4v) is 2.70. The minimum atomic E-state index is -3.50. The van der Waals surface area contributed by atoms with Crippen molar-refractivity contribution in [1.82, 2.24) is 0 Å². The van der Waals surface area contributed by atoms with Gasteiger partial charge in [0.1, 0.15) is 0 Å². The van der Waals surface area contributed by atoms with Gasteiger partial charge in [0, 0.05) is 11.8 Å². The van der Waals surface area contributed by atoms with Crippen LogP contribution in [0, 0.1) is 6.92 Å². The fourth-order valence-electron chi connectivity index (χ4n) is 1.74. The molecule has 1 rings (SSSR count). The lowest BCUT2D eigenvalue weighted by Gasteiger charge is -2.12. The standard InChI is InChI=1S/C13H17N3O3S/c1-7(2)9-5-8(3)10(12(17)16-13(14)15)6-11(9)20(4,18)19/h5-6H,1H2,2-4H3,(H4,14,15,16,17). The molecule has 0 unspecified atom stereocenters. The Morgan fingerprint density at radius 2 is 1.80 bits per heavy atom. The molecule has 0 saturated heterocycles. The lowest BCUT2D eigenvalue weighted by Crippen LogP contribution is -2.24. The van der Waals surface area contributed by atoms with Gasteiger partial charge in [0.25, 0.3) is 5.91 Å². The van der Waals surface area contributed by atoms with Gasteiger partial charge in [-0.3, -0.25) is 4.79 Å². The Morgan fingerprint density at radius 1 is 1.25 bits per heavy atom. The van der Waals surface area contributed by atoms with E-state index in [1.165, 1.54) is 6.07 Å². The van der Waals surface area contributed by atoms with E-state index in [4.69, 9.17) is 11.5 Å². The van der Waals surface area contributed by atoms with Gasteiger partial charge in [0.05, 0.1) is 4.90 Å². The van der Waals surface area contributed by atoms with Gasteiger partial charge in [-0.25, -0.2) is 8.42 Å². The molecule has 0 aliphatic heterocycles. The summed E-state index contributed by atoms with van der Waals surface area (Å²) in [4.78, 5) is 15.3. The number of benzene rings is 1. The number of aliphatic imine (C=N–C) groups is 1. The van der Waals surface area contributed by atoms with Crippen LogP contribution in [0.5, 0.6) is 0 Å². The van der Waals surface area contributed by atoms with Crippen molar-refractivity contribution in [2.45, 2.75) is 18.7 Å². The molecule has 1 amide bonds. The van der Waals surface area contributed by atoms with Crippen molar-refractivity contribution in [3.8, 4) is 0 Å². The second-order valence-corrected chi connectivity index (χ2v) is 6.54. The summed E-state index contributed by atoms with van der Waals surface area (Å²) in [7, 11) is -3.50. The number of hydrogen-bond donors (Lipinski definition) is 2. The summed E-state index contributed by atoms with van der Waals surface area (Å²) in [6.45, 7) is 7.12. The first-order valence-corrected chi connectivity index (χ1v) is 7.57. The molecule has 20 heavy (non-hydrogen) atoms. The van der Waals surface area contributed by atoms with E-state index < -0.39 is 15.7 Å². The molecule has 0 heterocycles. The third-order valence-electron chi connectivity index (χ3n) is 2.65. The average Bonchev–Trinajstić information content (AvgIpc) is 2.25. The average molecular weight is 295 g/mol. The van der Waals surface area contributed by atoms with E-state index >= 15 is 0 Å². The predicted octanol–water partition coefficient (Wildman–Crippen LogP) is 0.845. The third kappa shape index (κ3) is 3.45. The minimum Gasteiger partial charge on any atom is -0.370 e. The van der Waals surface area contributed by atoms with Crippen LogP contribution in [0.25, 0.3) is 5.57 Å². The number of carbonyl (C=O) groups excluding carboxylic acids is 1. The Bertz CT molecular complexity index is 715. The van der Waals surface area contributed by atoms with Gasteiger partial charge in [-0.05, 0) is 42.7 Å². The number of hydrogen-bond acceptors (Lipinski definition) is 3. The molecule has 0 aliphatic rings. The molecular weight excluding hydrogens is 278 g/mol. The van der Waals surface area contributed by atoms with Crippen LogP contribution >= 0.6 is 0 Å². The van der Waals surface area contributed by atoms with E-state index in [0.29, 0.717) is 16.7 Å². The molecule has 0 aromatic heterocycles. The molecule has 0 spiro atoms. The number of nitrogens with two attached hydrogens (primary N) is 2. The number of guanidine groups is 1. The first-order chi connectivity index (χ1) is 9.04. The maximum atomic E-state index is 11.9. The molecule has 0 radical (unpaired) electrons. The lowest BCUT2D eigenvalue weighted by atomic mass is 10.0. The van der Waals surface area contributed by atoms with Gasteiger partial charge in [0.2, 0.25) is 0 Å². The maximum absolute atomic E-state index is 11.9. The minimum absolute atomic E-state index is 0.0322. The summed E-state index contributed by atoms with van der Waals surface area (Å²) >= 11 is 0. The highest BCUT2D eigenvalue weighted by Crippen LogP contribution is 2.26. The van der Waals surface area contributed by atoms with Gasteiger partial charge in [0.15, 0.2) is 15.8 Å². The first kappa shape index (κ1) is 15.9. The van der Waals surface area contributed by atoms with E-state index in [-0.39, 0.29) is 16.4 Å². The predicted molar refractivity (Wildman–Crippen MR) is 79.1 cm³/mol. The number of allylic oxidation sites excluding steroid dienone is 1. The molecule has 1 aromatic carbocycles. The Hall–Kier alpha value is -2.15. The van der Waals surface area contributed by atoms with Crippen molar-refractivity contribution in [1.29, 1.82) is 0 Å². The van der Waals surface area contributed by atoms with Crippen molar-refractivity contribution < 1.29 is 13.2 Å². The zero-order chi connectivity index (χ0) is 15.7. The van der Waals surface area contributed by atoms with E-state index in [2.05, 4.69) is 11.6 Å². The van der Waals surface area contributed by atoms with Crippen LogP contribution in [0.4, 0.5) is 0 Å². The van der Waals surface area contributed by atoms with Crippen molar-refractivity contribution in [2.24, 2.45) is 16.5 Å². The van der Waals surface area contributed by atoms with Gasteiger partial charge >= 0.3 is 0 Å². The highest BCUT2D eigenvalue weighted by molar-refractivity contribution is 7.90. The third-order valence-corrected chi connectivity index (χ3v) is 3.78. The van der Waals surface area contributed by atoms with Gasteiger partial charge in [-0.2, -0.15) is 4.99 Å². The number of carbonyl (C=O) groups is 1. The molecule has 0 saturated carbocycles. The van der Waals surface area contributed by atoms with Crippen molar-refractivity contribution >= 4 is 27.3 Å². The summed E-state index contributed by atoms with van der Waals surface area (Å²) < 4.78 is 23.7. The molecule has 0 atom stereocenters. The normalized spacial score (nSPS) is 10.9. The Labute approximate surface area is 118 Å². The molecule has 108 valence electrons. The molecular formula is C13H17N3O3S. The summed E-state index contributed by atoms with van der Waals surface area (Å²) in [5.74, 6) is -1.06. The zero-order valence-electron chi connectivity index (χ0n) is 11.6. The van der Waals surface area contributed by atoms with Crippen LogP contribution in [0.1, 0.15) is 28.4 Å². The van der Waals surface area contributed by atoms with E-state index in [9.17, 15) is 13.2 Å². The number of rotatable bonds is 3. The quantitative estimate of drug-likeness (QED) is 0.633. The molecule has 7 heteroatoms. The van der Waals surface area contributed by atoms with Crippen LogP contribution in [-0.4, -0.2) is 26.5 Å². The number of sulfone groups is 1. The van der Waals surface area contributed by atoms with Crippen LogP contribution in [0.15, 0.2) is 28.6 Å². The van der Waals surface area contributed by atoms with Crippen LogP contribution in [-0.2, 0) is 9.84 Å². The number of aryl methyl sites for hydroxylation is 1. The van der Waals surface area contributed by atoms with Gasteiger partial charge in [-0.1, -0.05) is 6.58 Å². The Morgan fingerprint density at radius 3 is 2.20 bits per heavy atom. The van der Waals surface area contributed by atoms with Crippen LogP contribution in [0.2, 0.25) is 0 Å². The van der Waals surface area contributed by atoms with Crippen molar-refractivity contribution in [3.63, 3.8) is 0 Å². The van der Waals surface area contributed by atoms with E-state index in [1.54, 1.807) is 19.9 Å². The smallest absolute Gasteiger partial charge is 0.280 e. The van der Waals surface area contributed by atoms with Crippen molar-refractivity contribution in [3.05, 3.63) is 35.4 Å². The monoisotopic (exact) mass is 295 g/mol. The van der Waals surface area contributed by atoms with E-state index in [0.717, 1.165) is 6.26 Å². The van der Waals surface area contributed by atoms with Crippen LogP contribution < -0.4 is 11.5 Å². The number of amides is 1. The maximum Gasteiger partial charge on any atom is 0.280 e. The molecule has 0 fully saturated rings. The van der Waals surface area contributed by atoms with Gasteiger partial charge < -0.3 is 11.5 Å². The molecule has 1 aromatic rings. The van der Waals surface area contributed by atoms with Crippen LogP contribution in [0.3, 0.4) is 0 Å². The Kier molecular flexibility index (Phi) is 4.34. The first-order valence-electron chi connectivity index (χ1n) is 5.68. The van der Waals surface area contributed by atoms with E-state index in [1.807, 2.05) is 0 Å². The SMILES string of the molecule is C=C(C)c1cc(C)c(C(=O)N=C(N)N)cc1S(C)(=O)=O. The second-order valence-electron chi connectivity index (χ2n) is 4.56. The highest BCUT2D eigenvalue weighted by atomic mass is 32.2. The summed E-state index contributed by atoms with van der Waals surface area (Å²) in [6.07, 6.45) is 1.07. The highest BCUT2D eigenvalue weighted by Gasteiger charge is 2.19. The fraction of sp³-hybridized carbons (Fsp3) is 0.231. The molecule has 0 aliphatic carbocycles. The lowest BCUT2D eigenvalue weighted by molar-refractivity contribution is 0.100. The molecule has 0 bridgehead atoms. The van der Waals surface area contributed by atoms with Gasteiger partial charge in [-0.15, -0.1) is 0 Å². The summed E-state index contributed by atoms with van der Waals surface area (Å²) in [5, 5.41) is 0. The molecule has 6 nitrogen and oxygen atoms in total. The second kappa shape index (κ2) is 5.46. The summed E-state index contributed by atoms with van der Waals surface area (Å²) in [6, 6.07) is 2.87. The largest absolute Gasteiger partial charge is 0.370 e. The summed E-state index contributed by atoms with van der Waals surface area (Å²) in [5.41, 5.74) is 12.1. The number of nitrogens with zero attached hydrogens (tertiary/aromatic N) is 1. The van der Waals surface area contributed by atoms with Crippen molar-refractivity contribution in [2.75, 3.05) is 6.26 Å². The molecule has 4 N–H and O–H groups in total. The zero-order valence-corrected chi connectivity index (χ0v) is 12.4. The topological polar surface area (TPSA) is 116 Å².